The molecule has 0 amide bonds. The van der Waals surface area contributed by atoms with E-state index < -0.39 is 4.92 Å². The van der Waals surface area contributed by atoms with Gasteiger partial charge in [-0.25, -0.2) is 4.98 Å². The Balaban J connectivity index is 2.09. The molecule has 1 aromatic heterocycles. The smallest absolute Gasteiger partial charge is 0.315 e. The van der Waals surface area contributed by atoms with Crippen LogP contribution in [0.1, 0.15) is 39.1 Å². The Hall–Kier alpha value is -3.27. The zero-order valence-electron chi connectivity index (χ0n) is 19.1. The van der Waals surface area contributed by atoms with Gasteiger partial charge in [0.25, 0.3) is 5.56 Å². The molecule has 9 nitrogen and oxygen atoms in total. The second-order valence-corrected chi connectivity index (χ2v) is 9.50. The number of benzene rings is 2. The number of aryl methyl sites for hydroxylation is 1. The third-order valence-electron chi connectivity index (χ3n) is 4.64. The second-order valence-electron chi connectivity index (χ2n) is 8.58. The average molecular weight is 517 g/mol. The van der Waals surface area contributed by atoms with Gasteiger partial charge < -0.3 is 9.47 Å². The first-order valence-electron chi connectivity index (χ1n) is 10.3. The highest BCUT2D eigenvalue weighted by molar-refractivity contribution is 9.10. The van der Waals surface area contributed by atoms with Crippen molar-refractivity contribution in [3.05, 3.63) is 66.7 Å². The van der Waals surface area contributed by atoms with Gasteiger partial charge in [-0.1, -0.05) is 43.6 Å². The Morgan fingerprint density at radius 2 is 2.00 bits per heavy atom. The number of fused-ring (bicyclic) bond motifs is 1. The van der Waals surface area contributed by atoms with E-state index in [2.05, 4.69) is 26.0 Å². The van der Waals surface area contributed by atoms with Gasteiger partial charge in [-0.15, -0.1) is 0 Å². The number of nitro benzene ring substituents is 1. The predicted octanol–water partition coefficient (Wildman–Crippen LogP) is 4.95. The summed E-state index contributed by atoms with van der Waals surface area (Å²) in [5.41, 5.74) is 0.174. The van der Waals surface area contributed by atoms with Crippen molar-refractivity contribution in [2.75, 3.05) is 13.7 Å². The molecule has 174 valence electrons. The Labute approximate surface area is 199 Å². The minimum absolute atomic E-state index is 0.0539. The lowest BCUT2D eigenvalue weighted by atomic mass is 9.98. The Morgan fingerprint density at radius 3 is 2.61 bits per heavy atom. The van der Waals surface area contributed by atoms with Crippen LogP contribution < -0.4 is 15.0 Å². The van der Waals surface area contributed by atoms with Gasteiger partial charge in [0.2, 0.25) is 5.75 Å². The molecule has 0 bridgehead atoms. The van der Waals surface area contributed by atoms with Crippen LogP contribution >= 0.6 is 15.9 Å². The minimum atomic E-state index is -0.531. The number of ether oxygens (including phenoxy) is 2. The van der Waals surface area contributed by atoms with E-state index in [4.69, 9.17) is 9.47 Å². The van der Waals surface area contributed by atoms with Crippen LogP contribution in [-0.4, -0.2) is 34.5 Å². The molecule has 0 aliphatic carbocycles. The summed E-state index contributed by atoms with van der Waals surface area (Å²) in [5, 5.41) is 16.4. The monoisotopic (exact) mass is 516 g/mol. The largest absolute Gasteiger partial charge is 0.493 e. The summed E-state index contributed by atoms with van der Waals surface area (Å²) in [7, 11) is 1.41. The fraction of sp³-hybridized carbons (Fsp3) is 0.348. The zero-order chi connectivity index (χ0) is 24.3. The van der Waals surface area contributed by atoms with Crippen LogP contribution in [0.3, 0.4) is 0 Å². The molecule has 0 radical (unpaired) electrons. The number of hydrogen-bond acceptors (Lipinski definition) is 7. The molecule has 0 aliphatic rings. The number of aromatic nitrogens is 2. The number of rotatable bonds is 7. The maximum atomic E-state index is 13.0. The molecule has 33 heavy (non-hydrogen) atoms. The van der Waals surface area contributed by atoms with Crippen molar-refractivity contribution in [3.63, 3.8) is 0 Å². The topological polar surface area (TPSA) is 109 Å². The molecule has 3 rings (SSSR count). The van der Waals surface area contributed by atoms with Crippen molar-refractivity contribution in [2.45, 2.75) is 34.1 Å². The summed E-state index contributed by atoms with van der Waals surface area (Å²) in [6.07, 6.45) is 1.84. The summed E-state index contributed by atoms with van der Waals surface area (Å²) < 4.78 is 13.0. The highest BCUT2D eigenvalue weighted by Crippen LogP contribution is 2.38. The summed E-state index contributed by atoms with van der Waals surface area (Å²) in [4.78, 5) is 28.8. The molecule has 0 saturated carbocycles. The lowest BCUT2D eigenvalue weighted by Gasteiger charge is -2.20. The van der Waals surface area contributed by atoms with Crippen LogP contribution in [0.5, 0.6) is 11.5 Å². The first-order chi connectivity index (χ1) is 15.5. The number of hydrogen-bond donors (Lipinski definition) is 0. The number of nitrogens with zero attached hydrogens (tertiary/aromatic N) is 4. The molecule has 0 atom stereocenters. The average Bonchev–Trinajstić information content (AvgIpc) is 2.76. The van der Waals surface area contributed by atoms with E-state index in [9.17, 15) is 14.9 Å². The normalized spacial score (nSPS) is 11.8. The number of halogens is 1. The van der Waals surface area contributed by atoms with E-state index in [1.54, 1.807) is 18.2 Å². The van der Waals surface area contributed by atoms with E-state index in [1.165, 1.54) is 24.1 Å². The third-order valence-corrected chi connectivity index (χ3v) is 5.13. The first-order valence-corrected chi connectivity index (χ1v) is 11.1. The predicted molar refractivity (Wildman–Crippen MR) is 131 cm³/mol. The minimum Gasteiger partial charge on any atom is -0.493 e. The van der Waals surface area contributed by atoms with Gasteiger partial charge in [0.15, 0.2) is 5.75 Å². The molecular formula is C23H25BrN4O5. The Morgan fingerprint density at radius 1 is 1.27 bits per heavy atom. The Kier molecular flexibility index (Phi) is 7.16. The molecule has 3 aromatic rings. The maximum Gasteiger partial charge on any atom is 0.315 e. The molecular weight excluding hydrogens is 492 g/mol. The standard InChI is InChI=1S/C23H25BrN4O5/c1-6-20-26-17-8-7-15(24)11-16(17)22(29)27(20)25-12-14-9-18(28(30)31)21(19(10-14)32-5)33-13-23(2,3)4/h7-12H,6,13H2,1-5H3. The molecule has 0 N–H and O–H groups in total. The van der Waals surface area contributed by atoms with Gasteiger partial charge in [0.05, 0.1) is 35.8 Å². The summed E-state index contributed by atoms with van der Waals surface area (Å²) in [5.74, 6) is 0.731. The van der Waals surface area contributed by atoms with Gasteiger partial charge in [0, 0.05) is 22.5 Å². The lowest BCUT2D eigenvalue weighted by Crippen LogP contribution is -2.22. The van der Waals surface area contributed by atoms with Crippen LogP contribution in [0.4, 0.5) is 5.69 Å². The van der Waals surface area contributed by atoms with Crippen molar-refractivity contribution in [1.82, 2.24) is 9.66 Å². The highest BCUT2D eigenvalue weighted by atomic mass is 79.9. The van der Waals surface area contributed by atoms with Gasteiger partial charge in [-0.2, -0.15) is 9.78 Å². The second kappa shape index (κ2) is 9.70. The molecule has 0 fully saturated rings. The van der Waals surface area contributed by atoms with E-state index in [0.717, 1.165) is 4.47 Å². The quantitative estimate of drug-likeness (QED) is 0.249. The number of methoxy groups -OCH3 is 1. The van der Waals surface area contributed by atoms with Crippen LogP contribution in [0.15, 0.2) is 44.7 Å². The van der Waals surface area contributed by atoms with Crippen LogP contribution in [0.25, 0.3) is 10.9 Å². The summed E-state index contributed by atoms with van der Waals surface area (Å²) in [6.45, 7) is 8.03. The van der Waals surface area contributed by atoms with E-state index >= 15 is 0 Å². The van der Waals surface area contributed by atoms with Crippen LogP contribution in [0, 0.1) is 15.5 Å². The first kappa shape index (κ1) is 24.4. The molecule has 10 heteroatoms. The van der Waals surface area contributed by atoms with Gasteiger partial charge in [-0.05, 0) is 29.7 Å². The number of nitro groups is 1. The van der Waals surface area contributed by atoms with Crippen molar-refractivity contribution in [3.8, 4) is 11.5 Å². The van der Waals surface area contributed by atoms with Crippen LogP contribution in [0.2, 0.25) is 0 Å². The van der Waals surface area contributed by atoms with Gasteiger partial charge in [0.1, 0.15) is 5.82 Å². The van der Waals surface area contributed by atoms with Crippen molar-refractivity contribution >= 4 is 38.7 Å². The highest BCUT2D eigenvalue weighted by Gasteiger charge is 2.24. The van der Waals surface area contributed by atoms with E-state index in [0.29, 0.717) is 28.7 Å². The zero-order valence-corrected chi connectivity index (χ0v) is 20.7. The van der Waals surface area contributed by atoms with Gasteiger partial charge in [-0.3, -0.25) is 14.9 Å². The molecule has 1 heterocycles. The fourth-order valence-corrected chi connectivity index (χ4v) is 3.43. The summed E-state index contributed by atoms with van der Waals surface area (Å²) in [6, 6.07) is 8.18. The maximum absolute atomic E-state index is 13.0. The Bertz CT molecular complexity index is 1290. The SMILES string of the molecule is CCc1nc2ccc(Br)cc2c(=O)n1N=Cc1cc(OC)c(OCC(C)(C)C)c([N+](=O)[O-])c1. The third kappa shape index (κ3) is 5.57. The van der Waals surface area contributed by atoms with E-state index in [-0.39, 0.29) is 34.8 Å². The fourth-order valence-electron chi connectivity index (χ4n) is 3.07. The van der Waals surface area contributed by atoms with Crippen LogP contribution in [-0.2, 0) is 6.42 Å². The summed E-state index contributed by atoms with van der Waals surface area (Å²) >= 11 is 3.37. The molecule has 0 aliphatic heterocycles. The molecule has 2 aromatic carbocycles. The molecule has 0 saturated heterocycles. The van der Waals surface area contributed by atoms with Crippen molar-refractivity contribution in [1.29, 1.82) is 0 Å². The van der Waals surface area contributed by atoms with E-state index in [1.807, 2.05) is 33.8 Å². The van der Waals surface area contributed by atoms with Gasteiger partial charge >= 0.3 is 5.69 Å². The molecule has 0 unspecified atom stereocenters. The van der Waals surface area contributed by atoms with Crippen molar-refractivity contribution < 1.29 is 14.4 Å². The molecule has 0 spiro atoms. The van der Waals surface area contributed by atoms with Crippen molar-refractivity contribution in [2.24, 2.45) is 10.5 Å². The lowest BCUT2D eigenvalue weighted by molar-refractivity contribution is -0.386.